The summed E-state index contributed by atoms with van der Waals surface area (Å²) in [6.45, 7) is 0. The fourth-order valence-electron chi connectivity index (χ4n) is 2.91. The molecule has 1 aliphatic carbocycles. The second-order valence-electron chi connectivity index (χ2n) is 5.69. The quantitative estimate of drug-likeness (QED) is 0.911. The highest BCUT2D eigenvalue weighted by atomic mass is 19.1. The molecule has 1 N–H and O–H groups in total. The Kier molecular flexibility index (Phi) is 4.18. The van der Waals surface area contributed by atoms with Crippen LogP contribution in [0.5, 0.6) is 0 Å². The summed E-state index contributed by atoms with van der Waals surface area (Å²) in [6.07, 6.45) is 4.76. The van der Waals surface area contributed by atoms with E-state index < -0.39 is 11.6 Å². The molecule has 0 radical (unpaired) electrons. The van der Waals surface area contributed by atoms with Crippen molar-refractivity contribution in [3.8, 4) is 0 Å². The number of carbonyl (C=O) groups excluding carboxylic acids is 1. The van der Waals surface area contributed by atoms with Gasteiger partial charge < -0.3 is 5.32 Å². The van der Waals surface area contributed by atoms with Crippen LogP contribution in [0, 0.1) is 11.6 Å². The van der Waals surface area contributed by atoms with Crippen molar-refractivity contribution in [2.24, 2.45) is 0 Å². The predicted octanol–water partition coefficient (Wildman–Crippen LogP) is 4.02. The maximum Gasteiger partial charge on any atom is 0.228 e. The molecule has 4 heteroatoms. The maximum absolute atomic E-state index is 13.1. The third kappa shape index (κ3) is 3.50. The highest BCUT2D eigenvalue weighted by Crippen LogP contribution is 2.22. The first kappa shape index (κ1) is 14.7. The van der Waals surface area contributed by atoms with Crippen LogP contribution in [-0.2, 0) is 24.1 Å². The minimum Gasteiger partial charge on any atom is -0.326 e. The van der Waals surface area contributed by atoms with E-state index in [9.17, 15) is 13.6 Å². The Labute approximate surface area is 128 Å². The fourth-order valence-corrected chi connectivity index (χ4v) is 2.91. The van der Waals surface area contributed by atoms with E-state index in [1.54, 1.807) is 0 Å². The van der Waals surface area contributed by atoms with E-state index in [0.717, 1.165) is 36.6 Å². The Balaban J connectivity index is 1.69. The van der Waals surface area contributed by atoms with E-state index in [0.29, 0.717) is 0 Å². The van der Waals surface area contributed by atoms with Gasteiger partial charge in [0.25, 0.3) is 0 Å². The molecule has 2 aromatic rings. The van der Waals surface area contributed by atoms with Crippen LogP contribution in [0.3, 0.4) is 0 Å². The van der Waals surface area contributed by atoms with Crippen molar-refractivity contribution in [2.45, 2.75) is 32.1 Å². The van der Waals surface area contributed by atoms with Crippen LogP contribution >= 0.6 is 0 Å². The van der Waals surface area contributed by atoms with Crippen molar-refractivity contribution in [2.75, 3.05) is 5.32 Å². The van der Waals surface area contributed by atoms with Crippen molar-refractivity contribution in [1.82, 2.24) is 0 Å². The van der Waals surface area contributed by atoms with Gasteiger partial charge in [-0.25, -0.2) is 8.78 Å². The van der Waals surface area contributed by atoms with E-state index in [-0.39, 0.29) is 18.0 Å². The molecule has 1 amide bonds. The highest BCUT2D eigenvalue weighted by Gasteiger charge is 2.11. The van der Waals surface area contributed by atoms with Crippen molar-refractivity contribution in [3.63, 3.8) is 0 Å². The van der Waals surface area contributed by atoms with Crippen molar-refractivity contribution in [1.29, 1.82) is 0 Å². The SMILES string of the molecule is O=C(Cc1ccc2c(c1)CCCC2)Nc1cc(F)cc(F)c1. The molecule has 0 bridgehead atoms. The second-order valence-corrected chi connectivity index (χ2v) is 5.69. The molecule has 2 aromatic carbocycles. The summed E-state index contributed by atoms with van der Waals surface area (Å²) < 4.78 is 26.2. The second kappa shape index (κ2) is 6.26. The Morgan fingerprint density at radius 1 is 0.955 bits per heavy atom. The Morgan fingerprint density at radius 3 is 2.36 bits per heavy atom. The lowest BCUT2D eigenvalue weighted by molar-refractivity contribution is -0.115. The maximum atomic E-state index is 13.1. The summed E-state index contributed by atoms with van der Waals surface area (Å²) in [4.78, 5) is 12.0. The van der Waals surface area contributed by atoms with Gasteiger partial charge in [-0.05, 0) is 54.5 Å². The minimum absolute atomic E-state index is 0.139. The lowest BCUT2D eigenvalue weighted by Gasteiger charge is -2.16. The van der Waals surface area contributed by atoms with Crippen LogP contribution < -0.4 is 5.32 Å². The zero-order valence-corrected chi connectivity index (χ0v) is 12.2. The molecule has 0 aromatic heterocycles. The third-order valence-electron chi connectivity index (χ3n) is 3.92. The molecule has 1 aliphatic rings. The van der Waals surface area contributed by atoms with Gasteiger partial charge in [0.1, 0.15) is 11.6 Å². The van der Waals surface area contributed by atoms with Gasteiger partial charge in [-0.3, -0.25) is 4.79 Å². The summed E-state index contributed by atoms with van der Waals surface area (Å²) in [5, 5.41) is 2.53. The highest BCUT2D eigenvalue weighted by molar-refractivity contribution is 5.92. The topological polar surface area (TPSA) is 29.1 Å². The van der Waals surface area contributed by atoms with Crippen molar-refractivity contribution < 1.29 is 13.6 Å². The molecule has 0 fully saturated rings. The largest absolute Gasteiger partial charge is 0.326 e. The van der Waals surface area contributed by atoms with Crippen LogP contribution in [0.1, 0.15) is 29.5 Å². The molecule has 0 spiro atoms. The van der Waals surface area contributed by atoms with Gasteiger partial charge in [-0.15, -0.1) is 0 Å². The van der Waals surface area contributed by atoms with Crippen LogP contribution in [0.25, 0.3) is 0 Å². The molecule has 0 unspecified atom stereocenters. The van der Waals surface area contributed by atoms with E-state index in [1.165, 1.54) is 24.0 Å². The molecule has 3 rings (SSSR count). The monoisotopic (exact) mass is 301 g/mol. The molecule has 0 saturated heterocycles. The zero-order valence-electron chi connectivity index (χ0n) is 12.2. The first-order valence-corrected chi connectivity index (χ1v) is 7.47. The summed E-state index contributed by atoms with van der Waals surface area (Å²) in [6, 6.07) is 9.09. The van der Waals surface area contributed by atoms with E-state index >= 15 is 0 Å². The van der Waals surface area contributed by atoms with Gasteiger partial charge >= 0.3 is 0 Å². The van der Waals surface area contributed by atoms with Crippen molar-refractivity contribution >= 4 is 11.6 Å². The normalized spacial score (nSPS) is 13.5. The number of nitrogens with one attached hydrogen (secondary N) is 1. The number of aryl methyl sites for hydroxylation is 2. The Hall–Kier alpha value is -2.23. The molecule has 0 aliphatic heterocycles. The van der Waals surface area contributed by atoms with Crippen LogP contribution in [0.15, 0.2) is 36.4 Å². The Bertz CT molecular complexity index is 692. The number of amides is 1. The summed E-state index contributed by atoms with van der Waals surface area (Å²) in [7, 11) is 0. The lowest BCUT2D eigenvalue weighted by Crippen LogP contribution is -2.15. The van der Waals surface area contributed by atoms with E-state index in [2.05, 4.69) is 17.4 Å². The van der Waals surface area contributed by atoms with Gasteiger partial charge in [0, 0.05) is 11.8 Å². The number of carbonyl (C=O) groups is 1. The molecule has 0 heterocycles. The smallest absolute Gasteiger partial charge is 0.228 e. The molecule has 2 nitrogen and oxygen atoms in total. The van der Waals surface area contributed by atoms with Gasteiger partial charge in [0.15, 0.2) is 0 Å². The summed E-state index contributed by atoms with van der Waals surface area (Å²) in [5.41, 5.74) is 3.74. The molecular formula is C18H17F2NO. The van der Waals surface area contributed by atoms with E-state index in [4.69, 9.17) is 0 Å². The number of hydrogen-bond donors (Lipinski definition) is 1. The average molecular weight is 301 g/mol. The number of anilines is 1. The lowest BCUT2D eigenvalue weighted by atomic mass is 9.90. The fraction of sp³-hybridized carbons (Fsp3) is 0.278. The minimum atomic E-state index is -0.705. The molecular weight excluding hydrogens is 284 g/mol. The molecule has 0 saturated carbocycles. The van der Waals surface area contributed by atoms with Crippen LogP contribution in [0.2, 0.25) is 0 Å². The van der Waals surface area contributed by atoms with Gasteiger partial charge in [-0.1, -0.05) is 18.2 Å². The molecule has 114 valence electrons. The zero-order chi connectivity index (χ0) is 15.5. The number of hydrogen-bond acceptors (Lipinski definition) is 1. The van der Waals surface area contributed by atoms with Crippen LogP contribution in [-0.4, -0.2) is 5.91 Å². The van der Waals surface area contributed by atoms with Crippen LogP contribution in [0.4, 0.5) is 14.5 Å². The van der Waals surface area contributed by atoms with Gasteiger partial charge in [0.05, 0.1) is 6.42 Å². The standard InChI is InChI=1S/C18H17F2NO/c19-15-9-16(20)11-17(10-15)21-18(22)8-12-5-6-13-3-1-2-4-14(13)7-12/h5-7,9-11H,1-4,8H2,(H,21,22). The number of rotatable bonds is 3. The third-order valence-corrected chi connectivity index (χ3v) is 3.92. The number of halogens is 2. The first-order chi connectivity index (χ1) is 10.6. The van der Waals surface area contributed by atoms with Gasteiger partial charge in [-0.2, -0.15) is 0 Å². The average Bonchev–Trinajstić information content (AvgIpc) is 2.45. The predicted molar refractivity (Wildman–Crippen MR) is 81.8 cm³/mol. The number of benzene rings is 2. The summed E-state index contributed by atoms with van der Waals surface area (Å²) in [5.74, 6) is -1.69. The number of fused-ring (bicyclic) bond motifs is 1. The molecule has 22 heavy (non-hydrogen) atoms. The summed E-state index contributed by atoms with van der Waals surface area (Å²) >= 11 is 0. The first-order valence-electron chi connectivity index (χ1n) is 7.47. The Morgan fingerprint density at radius 2 is 1.64 bits per heavy atom. The molecule has 0 atom stereocenters. The van der Waals surface area contributed by atoms with E-state index in [1.807, 2.05) is 6.07 Å². The van der Waals surface area contributed by atoms with Crippen molar-refractivity contribution in [3.05, 3.63) is 64.7 Å². The van der Waals surface area contributed by atoms with Gasteiger partial charge in [0.2, 0.25) is 5.91 Å².